The smallest absolute Gasteiger partial charge is 0.0726 e. The Bertz CT molecular complexity index is 3210. The van der Waals surface area contributed by atoms with Crippen LogP contribution >= 0.6 is 0 Å². The van der Waals surface area contributed by atoms with Gasteiger partial charge in [0.2, 0.25) is 0 Å². The number of hydrogen-bond acceptors (Lipinski definition) is 1. The molecule has 1 nitrogen and oxygen atoms in total. The third kappa shape index (κ3) is 5.62. The summed E-state index contributed by atoms with van der Waals surface area (Å²) in [7, 11) is 0. The van der Waals surface area contributed by atoms with Gasteiger partial charge in [-0.1, -0.05) is 189 Å². The van der Waals surface area contributed by atoms with E-state index in [1.807, 2.05) is 0 Å². The number of anilines is 3. The molecule has 0 heterocycles. The summed E-state index contributed by atoms with van der Waals surface area (Å²) >= 11 is 0. The Kier molecular flexibility index (Phi) is 8.05. The quantitative estimate of drug-likeness (QED) is 0.167. The molecule has 0 amide bonds. The minimum atomic E-state index is -0.509. The standard InChI is InChI=1S/C63H57N/c1-60(2,3)41-25-31-51-52-32-26-42(61(4,5)6)36-58(52)63(57(51)35-41)55-20-14-12-18-49(55)53-34-30-45(38-59(53)63)64(43-27-23-40(24-28-43)47-16-10-9-15-46(47)39-21-22-39)44-29-33-50-48-17-11-13-19-54(48)62(7,8)56(50)37-44/h9-20,23-39H,21-22H2,1-8H3/i39D. The predicted molar refractivity (Wildman–Crippen MR) is 270 cm³/mol. The summed E-state index contributed by atoms with van der Waals surface area (Å²) in [6.45, 7) is 18.8. The van der Waals surface area contributed by atoms with E-state index in [-0.39, 0.29) is 16.2 Å². The molecule has 8 aromatic rings. The molecule has 0 radical (unpaired) electrons. The number of benzene rings is 8. The molecule has 4 aliphatic rings. The van der Waals surface area contributed by atoms with Crippen LogP contribution < -0.4 is 4.90 Å². The lowest BCUT2D eigenvalue weighted by atomic mass is 9.68. The average Bonchev–Trinajstić information content (AvgIpc) is 3.82. The first-order valence-corrected chi connectivity index (χ1v) is 23.4. The molecule has 1 heteroatoms. The predicted octanol–water partition coefficient (Wildman–Crippen LogP) is 16.9. The number of hydrogen-bond donors (Lipinski definition) is 0. The van der Waals surface area contributed by atoms with Crippen molar-refractivity contribution >= 4 is 17.1 Å². The fourth-order valence-electron chi connectivity index (χ4n) is 11.7. The van der Waals surface area contributed by atoms with E-state index in [9.17, 15) is 0 Å². The highest BCUT2D eigenvalue weighted by atomic mass is 15.1. The molecule has 1 saturated carbocycles. The van der Waals surface area contributed by atoms with Gasteiger partial charge >= 0.3 is 0 Å². The molecular formula is C63H57N. The largest absolute Gasteiger partial charge is 0.310 e. The van der Waals surface area contributed by atoms with Crippen molar-refractivity contribution in [2.45, 2.75) is 95.8 Å². The lowest BCUT2D eigenvalue weighted by Crippen LogP contribution is -2.27. The van der Waals surface area contributed by atoms with E-state index < -0.39 is 11.3 Å². The van der Waals surface area contributed by atoms with E-state index in [2.05, 4.69) is 230 Å². The summed E-state index contributed by atoms with van der Waals surface area (Å²) in [5.41, 5.74) is 24.9. The lowest BCUT2D eigenvalue weighted by molar-refractivity contribution is 0.586. The number of fused-ring (bicyclic) bond motifs is 13. The molecule has 64 heavy (non-hydrogen) atoms. The minimum Gasteiger partial charge on any atom is -0.310 e. The summed E-state index contributed by atoms with van der Waals surface area (Å²) in [5.74, 6) is -0.479. The molecule has 12 rings (SSSR count). The van der Waals surface area contributed by atoms with Crippen LogP contribution in [0.4, 0.5) is 17.1 Å². The van der Waals surface area contributed by atoms with Gasteiger partial charge in [-0.25, -0.2) is 0 Å². The normalized spacial score (nSPS) is 16.6. The molecule has 0 N–H and O–H groups in total. The molecule has 4 aliphatic carbocycles. The van der Waals surface area contributed by atoms with Gasteiger partial charge in [0, 0.05) is 23.8 Å². The van der Waals surface area contributed by atoms with Crippen molar-refractivity contribution in [3.8, 4) is 44.5 Å². The molecule has 0 aromatic heterocycles. The highest BCUT2D eigenvalue weighted by Crippen LogP contribution is 2.64. The highest BCUT2D eigenvalue weighted by Gasteiger charge is 2.52. The van der Waals surface area contributed by atoms with Crippen molar-refractivity contribution in [2.75, 3.05) is 4.90 Å². The van der Waals surface area contributed by atoms with Crippen molar-refractivity contribution in [1.29, 1.82) is 0 Å². The van der Waals surface area contributed by atoms with Crippen LogP contribution in [-0.2, 0) is 21.7 Å². The van der Waals surface area contributed by atoms with E-state index in [0.29, 0.717) is 0 Å². The van der Waals surface area contributed by atoms with Crippen molar-refractivity contribution < 1.29 is 1.37 Å². The maximum Gasteiger partial charge on any atom is 0.0726 e. The van der Waals surface area contributed by atoms with Crippen molar-refractivity contribution in [1.82, 2.24) is 0 Å². The second kappa shape index (κ2) is 13.5. The van der Waals surface area contributed by atoms with Crippen LogP contribution in [0.1, 0.15) is 126 Å². The average molecular weight is 829 g/mol. The molecule has 0 aliphatic heterocycles. The first-order chi connectivity index (χ1) is 31.1. The minimum absolute atomic E-state index is 0.0191. The summed E-state index contributed by atoms with van der Waals surface area (Å²) in [4.78, 5) is 2.49. The Balaban J connectivity index is 1.11. The lowest BCUT2D eigenvalue weighted by Gasteiger charge is -2.34. The number of nitrogens with zero attached hydrogens (tertiary/aromatic N) is 1. The first-order valence-electron chi connectivity index (χ1n) is 23.9. The molecule has 0 unspecified atom stereocenters. The third-order valence-electron chi connectivity index (χ3n) is 15.2. The van der Waals surface area contributed by atoms with Gasteiger partial charge in [-0.05, 0) is 161 Å². The van der Waals surface area contributed by atoms with Gasteiger partial charge < -0.3 is 4.90 Å². The van der Waals surface area contributed by atoms with Crippen molar-refractivity contribution in [3.63, 3.8) is 0 Å². The van der Waals surface area contributed by atoms with Crippen LogP contribution in [0.25, 0.3) is 44.5 Å². The Morgan fingerprint density at radius 1 is 0.422 bits per heavy atom. The van der Waals surface area contributed by atoms with Crippen LogP contribution in [0.5, 0.6) is 0 Å². The Hall–Kier alpha value is -6.44. The fourth-order valence-corrected chi connectivity index (χ4v) is 11.7. The SMILES string of the molecule is [2H]C1(c2ccccc2-c2ccc(N(c3ccc4c(c3)C(C)(C)c3ccccc3-4)c3ccc4c(c3)C3(c5ccccc5-4)c4cc(C(C)(C)C)ccc4-c4ccc(C(C)(C)C)cc43)cc2)CC1. The van der Waals surface area contributed by atoms with Gasteiger partial charge in [0.1, 0.15) is 0 Å². The van der Waals surface area contributed by atoms with Gasteiger partial charge in [0.25, 0.3) is 0 Å². The second-order valence-corrected chi connectivity index (χ2v) is 21.5. The maximum atomic E-state index is 9.09. The monoisotopic (exact) mass is 828 g/mol. The topological polar surface area (TPSA) is 3.24 Å². The van der Waals surface area contributed by atoms with Crippen molar-refractivity contribution in [3.05, 3.63) is 220 Å². The zero-order chi connectivity index (χ0) is 44.8. The molecule has 0 bridgehead atoms. The summed E-state index contributed by atoms with van der Waals surface area (Å²) in [5, 5.41) is 0. The van der Waals surface area contributed by atoms with Crippen molar-refractivity contribution in [2.24, 2.45) is 0 Å². The zero-order valence-corrected chi connectivity index (χ0v) is 38.5. The molecular weight excluding hydrogens is 771 g/mol. The van der Waals surface area contributed by atoms with E-state index in [1.54, 1.807) is 0 Å². The van der Waals surface area contributed by atoms with Gasteiger partial charge in [-0.15, -0.1) is 0 Å². The van der Waals surface area contributed by atoms with Crippen LogP contribution in [0.3, 0.4) is 0 Å². The van der Waals surface area contributed by atoms with Gasteiger partial charge in [-0.2, -0.15) is 0 Å². The second-order valence-electron chi connectivity index (χ2n) is 21.5. The first kappa shape index (κ1) is 38.1. The van der Waals surface area contributed by atoms with E-state index >= 15 is 0 Å². The zero-order valence-electron chi connectivity index (χ0n) is 39.5. The van der Waals surface area contributed by atoms with E-state index in [1.165, 1.54) is 77.9 Å². The Labute approximate surface area is 381 Å². The van der Waals surface area contributed by atoms with Gasteiger partial charge in [0.05, 0.1) is 5.41 Å². The van der Waals surface area contributed by atoms with Gasteiger partial charge in [-0.3, -0.25) is 0 Å². The molecule has 1 spiro atoms. The Morgan fingerprint density at radius 3 is 1.41 bits per heavy atom. The van der Waals surface area contributed by atoms with Gasteiger partial charge in [0.15, 0.2) is 0 Å². The highest BCUT2D eigenvalue weighted by molar-refractivity contribution is 5.97. The fraction of sp³-hybridized carbons (Fsp3) is 0.238. The van der Waals surface area contributed by atoms with Crippen LogP contribution in [-0.4, -0.2) is 0 Å². The number of rotatable bonds is 5. The molecule has 314 valence electrons. The van der Waals surface area contributed by atoms with E-state index in [0.717, 1.165) is 46.6 Å². The van der Waals surface area contributed by atoms with E-state index in [4.69, 9.17) is 1.37 Å². The van der Waals surface area contributed by atoms with Crippen LogP contribution in [0.15, 0.2) is 170 Å². The Morgan fingerprint density at radius 2 is 0.844 bits per heavy atom. The van der Waals surface area contributed by atoms with Crippen LogP contribution in [0.2, 0.25) is 0 Å². The summed E-state index contributed by atoms with van der Waals surface area (Å²) in [6.07, 6.45) is 1.84. The molecule has 1 fully saturated rings. The summed E-state index contributed by atoms with van der Waals surface area (Å²) in [6, 6.07) is 64.9. The third-order valence-corrected chi connectivity index (χ3v) is 15.2. The van der Waals surface area contributed by atoms with Crippen LogP contribution in [0, 0.1) is 0 Å². The summed E-state index contributed by atoms with van der Waals surface area (Å²) < 4.78 is 9.09. The molecule has 8 aromatic carbocycles. The maximum absolute atomic E-state index is 9.09. The molecule has 0 saturated heterocycles. The molecule has 0 atom stereocenters.